The van der Waals surface area contributed by atoms with Gasteiger partial charge in [0.15, 0.2) is 0 Å². The van der Waals surface area contributed by atoms with Crippen molar-refractivity contribution in [2.24, 2.45) is 0 Å². The van der Waals surface area contributed by atoms with Crippen LogP contribution in [0.1, 0.15) is 5.69 Å². The molecule has 4 rings (SSSR count). The third-order valence-corrected chi connectivity index (χ3v) is 5.73. The van der Waals surface area contributed by atoms with Gasteiger partial charge < -0.3 is 9.30 Å². The van der Waals surface area contributed by atoms with E-state index in [0.29, 0.717) is 5.02 Å². The summed E-state index contributed by atoms with van der Waals surface area (Å²) in [6.45, 7) is 2.12. The maximum absolute atomic E-state index is 6.30. The van der Waals surface area contributed by atoms with Crippen molar-refractivity contribution in [1.82, 2.24) is 9.55 Å². The van der Waals surface area contributed by atoms with E-state index in [1.165, 1.54) is 15.2 Å². The van der Waals surface area contributed by atoms with Crippen molar-refractivity contribution >= 4 is 34.3 Å². The molecule has 0 radical (unpaired) electrons. The Labute approximate surface area is 161 Å². The third-order valence-electron chi connectivity index (χ3n) is 4.27. The number of rotatable bonds is 4. The standard InChI is InChI=1S/C21H17ClN2OS/c1-14-21(26-18-6-4-3-5-7-18)19-9-8-15(22)10-20(19)24(14)16-11-17(25-2)13-23-12-16/h3-13H,1-2H3. The van der Waals surface area contributed by atoms with E-state index in [0.717, 1.165) is 22.6 Å². The van der Waals surface area contributed by atoms with Gasteiger partial charge in [-0.05, 0) is 31.2 Å². The summed E-state index contributed by atoms with van der Waals surface area (Å²) in [5, 5.41) is 1.88. The lowest BCUT2D eigenvalue weighted by molar-refractivity contribution is 0.412. The highest BCUT2D eigenvalue weighted by Gasteiger charge is 2.17. The Balaban J connectivity index is 1.95. The van der Waals surface area contributed by atoms with Crippen LogP contribution in [0.4, 0.5) is 0 Å². The molecule has 0 aliphatic heterocycles. The maximum Gasteiger partial charge on any atom is 0.139 e. The smallest absolute Gasteiger partial charge is 0.139 e. The largest absolute Gasteiger partial charge is 0.495 e. The quantitative estimate of drug-likeness (QED) is 0.425. The molecule has 3 nitrogen and oxygen atoms in total. The summed E-state index contributed by atoms with van der Waals surface area (Å²) in [6, 6.07) is 18.4. The molecule has 0 saturated heterocycles. The van der Waals surface area contributed by atoms with Crippen LogP contribution >= 0.6 is 23.4 Å². The number of halogens is 1. The molecule has 0 amide bonds. The molecule has 0 saturated carbocycles. The lowest BCUT2D eigenvalue weighted by atomic mass is 10.2. The van der Waals surface area contributed by atoms with Crippen LogP contribution in [0.25, 0.3) is 16.6 Å². The minimum absolute atomic E-state index is 0.711. The molecule has 26 heavy (non-hydrogen) atoms. The fourth-order valence-corrected chi connectivity index (χ4v) is 4.28. The van der Waals surface area contributed by atoms with Gasteiger partial charge in [-0.2, -0.15) is 0 Å². The number of methoxy groups -OCH3 is 1. The molecule has 0 aliphatic carbocycles. The number of pyridine rings is 1. The van der Waals surface area contributed by atoms with Crippen LogP contribution in [0, 0.1) is 6.92 Å². The van der Waals surface area contributed by atoms with Gasteiger partial charge in [0, 0.05) is 32.0 Å². The Morgan fingerprint density at radius 1 is 1.04 bits per heavy atom. The Morgan fingerprint density at radius 2 is 1.85 bits per heavy atom. The van der Waals surface area contributed by atoms with Crippen LogP contribution in [0.3, 0.4) is 0 Å². The van der Waals surface area contributed by atoms with Crippen molar-refractivity contribution in [3.05, 3.63) is 77.7 Å². The van der Waals surface area contributed by atoms with Crippen LogP contribution in [0.2, 0.25) is 5.02 Å². The molecule has 5 heteroatoms. The summed E-state index contributed by atoms with van der Waals surface area (Å²) in [5.41, 5.74) is 3.16. The lowest BCUT2D eigenvalue weighted by Gasteiger charge is -2.10. The molecule has 0 fully saturated rings. The second kappa shape index (κ2) is 7.06. The Hall–Kier alpha value is -2.43. The first-order valence-electron chi connectivity index (χ1n) is 8.20. The van der Waals surface area contributed by atoms with E-state index in [4.69, 9.17) is 16.3 Å². The summed E-state index contributed by atoms with van der Waals surface area (Å²) in [5.74, 6) is 0.725. The number of hydrogen-bond donors (Lipinski definition) is 0. The molecule has 0 N–H and O–H groups in total. The maximum atomic E-state index is 6.30. The van der Waals surface area contributed by atoms with E-state index >= 15 is 0 Å². The van der Waals surface area contributed by atoms with Gasteiger partial charge in [0.25, 0.3) is 0 Å². The number of aromatic nitrogens is 2. The van der Waals surface area contributed by atoms with Crippen molar-refractivity contribution in [1.29, 1.82) is 0 Å². The first kappa shape index (κ1) is 17.0. The van der Waals surface area contributed by atoms with Gasteiger partial charge in [-0.25, -0.2) is 0 Å². The second-order valence-corrected chi connectivity index (χ2v) is 7.43. The first-order valence-corrected chi connectivity index (χ1v) is 9.39. The lowest BCUT2D eigenvalue weighted by Crippen LogP contribution is -1.98. The van der Waals surface area contributed by atoms with Crippen LogP contribution in [-0.4, -0.2) is 16.7 Å². The molecule has 0 unspecified atom stereocenters. The fourth-order valence-electron chi connectivity index (χ4n) is 3.07. The highest BCUT2D eigenvalue weighted by Crippen LogP contribution is 2.40. The van der Waals surface area contributed by atoms with Gasteiger partial charge in [-0.3, -0.25) is 4.98 Å². The summed E-state index contributed by atoms with van der Waals surface area (Å²) in [7, 11) is 1.65. The molecular weight excluding hydrogens is 364 g/mol. The van der Waals surface area contributed by atoms with Crippen molar-refractivity contribution in [2.45, 2.75) is 16.7 Å². The van der Waals surface area contributed by atoms with Gasteiger partial charge >= 0.3 is 0 Å². The van der Waals surface area contributed by atoms with Crippen molar-refractivity contribution in [3.63, 3.8) is 0 Å². The molecule has 0 bridgehead atoms. The predicted octanol–water partition coefficient (Wildman–Crippen LogP) is 6.15. The molecule has 0 aliphatic rings. The summed E-state index contributed by atoms with van der Waals surface area (Å²) < 4.78 is 7.53. The number of benzene rings is 2. The van der Waals surface area contributed by atoms with E-state index in [1.54, 1.807) is 25.1 Å². The highest BCUT2D eigenvalue weighted by molar-refractivity contribution is 7.99. The Kier molecular flexibility index (Phi) is 4.62. The van der Waals surface area contributed by atoms with Crippen LogP contribution in [-0.2, 0) is 0 Å². The van der Waals surface area contributed by atoms with Gasteiger partial charge in [-0.15, -0.1) is 0 Å². The summed E-state index contributed by atoms with van der Waals surface area (Å²) >= 11 is 8.06. The average molecular weight is 381 g/mol. The zero-order valence-electron chi connectivity index (χ0n) is 14.4. The molecule has 0 atom stereocenters. The van der Waals surface area contributed by atoms with E-state index < -0.39 is 0 Å². The third kappa shape index (κ3) is 3.06. The van der Waals surface area contributed by atoms with Crippen LogP contribution < -0.4 is 4.74 Å². The molecular formula is C21H17ClN2OS. The number of fused-ring (bicyclic) bond motifs is 1. The zero-order chi connectivity index (χ0) is 18.1. The predicted molar refractivity (Wildman–Crippen MR) is 108 cm³/mol. The molecule has 2 heterocycles. The topological polar surface area (TPSA) is 27.1 Å². The second-order valence-electron chi connectivity index (χ2n) is 5.91. The summed E-state index contributed by atoms with van der Waals surface area (Å²) in [6.07, 6.45) is 3.55. The normalized spacial score (nSPS) is 11.0. The zero-order valence-corrected chi connectivity index (χ0v) is 16.0. The summed E-state index contributed by atoms with van der Waals surface area (Å²) in [4.78, 5) is 6.73. The minimum Gasteiger partial charge on any atom is -0.495 e. The highest BCUT2D eigenvalue weighted by atomic mass is 35.5. The number of hydrogen-bond acceptors (Lipinski definition) is 3. The van der Waals surface area contributed by atoms with Crippen LogP contribution in [0.5, 0.6) is 5.75 Å². The van der Waals surface area contributed by atoms with Crippen LogP contribution in [0.15, 0.2) is 76.8 Å². The van der Waals surface area contributed by atoms with Gasteiger partial charge in [0.1, 0.15) is 5.75 Å². The van der Waals surface area contributed by atoms with Crippen molar-refractivity contribution in [2.75, 3.05) is 7.11 Å². The van der Waals surface area contributed by atoms with E-state index in [1.807, 2.05) is 30.5 Å². The van der Waals surface area contributed by atoms with E-state index in [2.05, 4.69) is 46.8 Å². The molecule has 4 aromatic rings. The van der Waals surface area contributed by atoms with Gasteiger partial charge in [0.2, 0.25) is 0 Å². The average Bonchev–Trinajstić information content (AvgIpc) is 2.93. The number of nitrogens with zero attached hydrogens (tertiary/aromatic N) is 2. The Bertz CT molecular complexity index is 1080. The first-order chi connectivity index (χ1) is 12.7. The monoisotopic (exact) mass is 380 g/mol. The number of ether oxygens (including phenoxy) is 1. The minimum atomic E-state index is 0.711. The molecule has 2 aromatic carbocycles. The van der Waals surface area contributed by atoms with E-state index in [-0.39, 0.29) is 0 Å². The molecule has 0 spiro atoms. The van der Waals surface area contributed by atoms with E-state index in [9.17, 15) is 0 Å². The fraction of sp³-hybridized carbons (Fsp3) is 0.0952. The SMILES string of the molecule is COc1cncc(-n2c(C)c(Sc3ccccc3)c3ccc(Cl)cc32)c1. The van der Waals surface area contributed by atoms with Gasteiger partial charge in [0.05, 0.1) is 30.7 Å². The molecule has 130 valence electrons. The van der Waals surface area contributed by atoms with Crippen molar-refractivity contribution < 1.29 is 4.74 Å². The molecule has 2 aromatic heterocycles. The van der Waals surface area contributed by atoms with Crippen molar-refractivity contribution in [3.8, 4) is 11.4 Å². The Morgan fingerprint density at radius 3 is 2.62 bits per heavy atom. The van der Waals surface area contributed by atoms with Gasteiger partial charge in [-0.1, -0.05) is 47.6 Å².